The molecule has 0 saturated carbocycles. The van der Waals surface area contributed by atoms with Gasteiger partial charge in [-0.3, -0.25) is 9.78 Å². The van der Waals surface area contributed by atoms with Crippen LogP contribution in [0.15, 0.2) is 29.8 Å². The average Bonchev–Trinajstić information content (AvgIpc) is 2.89. The van der Waals surface area contributed by atoms with E-state index in [-0.39, 0.29) is 18.0 Å². The van der Waals surface area contributed by atoms with Crippen LogP contribution in [-0.2, 0) is 0 Å². The summed E-state index contributed by atoms with van der Waals surface area (Å²) in [5.41, 5.74) is 6.95. The maximum Gasteiger partial charge on any atom is 0.271 e. The van der Waals surface area contributed by atoms with Crippen molar-refractivity contribution in [1.82, 2.24) is 15.3 Å². The predicted octanol–water partition coefficient (Wildman–Crippen LogP) is 2.05. The molecular weight excluding hydrogens is 260 g/mol. The second-order valence-electron chi connectivity index (χ2n) is 4.31. The number of rotatable bonds is 4. The molecule has 2 rings (SSSR count). The molecule has 0 aliphatic carbocycles. The van der Waals surface area contributed by atoms with Crippen LogP contribution in [0.1, 0.15) is 47.1 Å². The molecule has 1 unspecified atom stereocenters. The van der Waals surface area contributed by atoms with Crippen LogP contribution in [0.2, 0.25) is 0 Å². The van der Waals surface area contributed by atoms with Crippen LogP contribution in [0.25, 0.3) is 0 Å². The minimum Gasteiger partial charge on any atom is -0.343 e. The Morgan fingerprint density at radius 2 is 2.21 bits per heavy atom. The van der Waals surface area contributed by atoms with Crippen LogP contribution in [0.3, 0.4) is 0 Å². The molecule has 0 aliphatic heterocycles. The van der Waals surface area contributed by atoms with Gasteiger partial charge in [-0.25, -0.2) is 4.98 Å². The van der Waals surface area contributed by atoms with Crippen LogP contribution in [-0.4, -0.2) is 15.9 Å². The Kier molecular flexibility index (Phi) is 4.24. The van der Waals surface area contributed by atoms with Gasteiger partial charge in [0.2, 0.25) is 0 Å². The van der Waals surface area contributed by atoms with E-state index < -0.39 is 0 Å². The van der Waals surface area contributed by atoms with Crippen LogP contribution in [0, 0.1) is 0 Å². The highest BCUT2D eigenvalue weighted by Gasteiger charge is 2.16. The predicted molar refractivity (Wildman–Crippen MR) is 74.8 cm³/mol. The standard InChI is InChI=1S/C13H16N4OS/c1-8(14)13-17-11(7-19-13)12(18)16-9(2)10-5-3-4-6-15-10/h3-9H,14H2,1-2H3,(H,16,18)/t8?,9-/m1/s1. The molecule has 0 radical (unpaired) electrons. The van der Waals surface area contributed by atoms with Crippen LogP contribution < -0.4 is 11.1 Å². The minimum absolute atomic E-state index is 0.153. The van der Waals surface area contributed by atoms with E-state index in [2.05, 4.69) is 15.3 Å². The summed E-state index contributed by atoms with van der Waals surface area (Å²) < 4.78 is 0. The fraction of sp³-hybridized carbons (Fsp3) is 0.308. The Labute approximate surface area is 115 Å². The molecule has 3 N–H and O–H groups in total. The highest BCUT2D eigenvalue weighted by atomic mass is 32.1. The van der Waals surface area contributed by atoms with E-state index in [4.69, 9.17) is 5.73 Å². The topological polar surface area (TPSA) is 80.9 Å². The van der Waals surface area contributed by atoms with Crippen molar-refractivity contribution in [1.29, 1.82) is 0 Å². The zero-order valence-corrected chi connectivity index (χ0v) is 11.6. The number of nitrogens with two attached hydrogens (primary N) is 1. The van der Waals surface area contributed by atoms with Crippen molar-refractivity contribution >= 4 is 17.2 Å². The fourth-order valence-electron chi connectivity index (χ4n) is 1.58. The summed E-state index contributed by atoms with van der Waals surface area (Å²) in [6.45, 7) is 3.73. The van der Waals surface area contributed by atoms with E-state index in [1.165, 1.54) is 11.3 Å². The molecule has 1 amide bonds. The number of amides is 1. The Morgan fingerprint density at radius 3 is 2.79 bits per heavy atom. The van der Waals surface area contributed by atoms with E-state index in [0.29, 0.717) is 5.69 Å². The molecule has 0 saturated heterocycles. The number of nitrogens with one attached hydrogen (secondary N) is 1. The Hall–Kier alpha value is -1.79. The molecule has 5 nitrogen and oxygen atoms in total. The summed E-state index contributed by atoms with van der Waals surface area (Å²) in [5, 5.41) is 5.35. The molecule has 2 atom stereocenters. The normalized spacial score (nSPS) is 13.8. The van der Waals surface area contributed by atoms with Gasteiger partial charge in [0.05, 0.1) is 17.8 Å². The lowest BCUT2D eigenvalue weighted by atomic mass is 10.2. The summed E-state index contributed by atoms with van der Waals surface area (Å²) in [7, 11) is 0. The van der Waals surface area contributed by atoms with Crippen LogP contribution >= 0.6 is 11.3 Å². The molecule has 0 spiro atoms. The quantitative estimate of drug-likeness (QED) is 0.895. The first-order valence-corrected chi connectivity index (χ1v) is 6.88. The Morgan fingerprint density at radius 1 is 1.42 bits per heavy atom. The maximum atomic E-state index is 12.0. The van der Waals surface area contributed by atoms with Gasteiger partial charge in [-0.15, -0.1) is 11.3 Å². The van der Waals surface area contributed by atoms with Crippen molar-refractivity contribution in [2.45, 2.75) is 25.9 Å². The van der Waals surface area contributed by atoms with Crippen molar-refractivity contribution in [3.05, 3.63) is 46.2 Å². The molecule has 0 aromatic carbocycles. The zero-order valence-electron chi connectivity index (χ0n) is 10.8. The third-order valence-corrected chi connectivity index (χ3v) is 3.67. The van der Waals surface area contributed by atoms with Gasteiger partial charge < -0.3 is 11.1 Å². The highest BCUT2D eigenvalue weighted by Crippen LogP contribution is 2.16. The van der Waals surface area contributed by atoms with Gasteiger partial charge in [-0.05, 0) is 26.0 Å². The fourth-order valence-corrected chi connectivity index (χ4v) is 2.34. The van der Waals surface area contributed by atoms with Gasteiger partial charge in [0, 0.05) is 11.6 Å². The van der Waals surface area contributed by atoms with E-state index in [0.717, 1.165) is 10.7 Å². The van der Waals surface area contributed by atoms with Gasteiger partial charge in [0.25, 0.3) is 5.91 Å². The molecule has 100 valence electrons. The molecule has 6 heteroatoms. The summed E-state index contributed by atoms with van der Waals surface area (Å²) in [6, 6.07) is 5.29. The minimum atomic E-state index is -0.207. The van der Waals surface area contributed by atoms with Crippen molar-refractivity contribution in [2.75, 3.05) is 0 Å². The van der Waals surface area contributed by atoms with Gasteiger partial charge in [-0.2, -0.15) is 0 Å². The third kappa shape index (κ3) is 3.36. The number of hydrogen-bond acceptors (Lipinski definition) is 5. The monoisotopic (exact) mass is 276 g/mol. The molecule has 0 fully saturated rings. The van der Waals surface area contributed by atoms with E-state index in [9.17, 15) is 4.79 Å². The third-order valence-electron chi connectivity index (χ3n) is 2.62. The van der Waals surface area contributed by atoms with Gasteiger partial charge >= 0.3 is 0 Å². The van der Waals surface area contributed by atoms with E-state index in [1.54, 1.807) is 11.6 Å². The van der Waals surface area contributed by atoms with Gasteiger partial charge in [0.1, 0.15) is 10.7 Å². The number of pyridine rings is 1. The molecule has 2 aromatic heterocycles. The number of nitrogens with zero attached hydrogens (tertiary/aromatic N) is 2. The molecule has 19 heavy (non-hydrogen) atoms. The Bertz CT molecular complexity index is 553. The Balaban J connectivity index is 2.04. The van der Waals surface area contributed by atoms with Crippen molar-refractivity contribution in [3.8, 4) is 0 Å². The molecular formula is C13H16N4OS. The summed E-state index contributed by atoms with van der Waals surface area (Å²) in [5.74, 6) is -0.207. The first-order valence-electron chi connectivity index (χ1n) is 6.00. The number of carbonyl (C=O) groups is 1. The first kappa shape index (κ1) is 13.6. The number of thiazole rings is 1. The number of aromatic nitrogens is 2. The van der Waals surface area contributed by atoms with Crippen molar-refractivity contribution in [3.63, 3.8) is 0 Å². The maximum absolute atomic E-state index is 12.0. The van der Waals surface area contributed by atoms with E-state index >= 15 is 0 Å². The zero-order chi connectivity index (χ0) is 13.8. The molecule has 0 aliphatic rings. The SMILES string of the molecule is CC(N)c1nc(C(=O)N[C@H](C)c2ccccn2)cs1. The average molecular weight is 276 g/mol. The summed E-state index contributed by atoms with van der Waals surface area (Å²) in [4.78, 5) is 20.5. The number of carbonyl (C=O) groups excluding carboxylic acids is 1. The molecule has 2 aromatic rings. The van der Waals surface area contributed by atoms with Gasteiger partial charge in [-0.1, -0.05) is 6.07 Å². The van der Waals surface area contributed by atoms with Gasteiger partial charge in [0.15, 0.2) is 0 Å². The lowest BCUT2D eigenvalue weighted by Crippen LogP contribution is -2.27. The first-order chi connectivity index (χ1) is 9.08. The number of hydrogen-bond donors (Lipinski definition) is 2. The lowest BCUT2D eigenvalue weighted by molar-refractivity contribution is 0.0934. The largest absolute Gasteiger partial charge is 0.343 e. The van der Waals surface area contributed by atoms with Crippen molar-refractivity contribution in [2.24, 2.45) is 5.73 Å². The second-order valence-corrected chi connectivity index (χ2v) is 5.20. The highest BCUT2D eigenvalue weighted by molar-refractivity contribution is 7.09. The lowest BCUT2D eigenvalue weighted by Gasteiger charge is -2.12. The van der Waals surface area contributed by atoms with Crippen LogP contribution in [0.5, 0.6) is 0 Å². The summed E-state index contributed by atoms with van der Waals surface area (Å²) >= 11 is 1.40. The van der Waals surface area contributed by atoms with E-state index in [1.807, 2.05) is 32.0 Å². The van der Waals surface area contributed by atoms with Crippen LogP contribution in [0.4, 0.5) is 0 Å². The second kappa shape index (κ2) is 5.90. The summed E-state index contributed by atoms with van der Waals surface area (Å²) in [6.07, 6.45) is 1.70. The molecule has 0 bridgehead atoms. The van der Waals surface area contributed by atoms with Crippen molar-refractivity contribution < 1.29 is 4.79 Å². The smallest absolute Gasteiger partial charge is 0.271 e. The molecule has 2 heterocycles.